The summed E-state index contributed by atoms with van der Waals surface area (Å²) >= 11 is 0. The summed E-state index contributed by atoms with van der Waals surface area (Å²) in [6.07, 6.45) is 0.778. The molecular formula is C14H21O. The maximum atomic E-state index is 10.1. The minimum Gasteiger partial charge on any atom is -0.507 e. The van der Waals surface area contributed by atoms with E-state index < -0.39 is 0 Å². The van der Waals surface area contributed by atoms with Gasteiger partial charge in [0.15, 0.2) is 0 Å². The molecule has 0 spiro atoms. The predicted octanol–water partition coefficient (Wildman–Crippen LogP) is 4.02. The van der Waals surface area contributed by atoms with Crippen molar-refractivity contribution in [3.05, 3.63) is 35.7 Å². The lowest BCUT2D eigenvalue weighted by atomic mass is 9.91. The van der Waals surface area contributed by atoms with Gasteiger partial charge in [-0.15, -0.1) is 0 Å². The molecule has 1 N–H and O–H groups in total. The molecule has 15 heavy (non-hydrogen) atoms. The normalized spacial score (nSPS) is 11.4. The zero-order chi connectivity index (χ0) is 11.6. The van der Waals surface area contributed by atoms with Crippen LogP contribution in [0.25, 0.3) is 0 Å². The lowest BCUT2D eigenvalue weighted by Crippen LogP contribution is -1.98. The fourth-order valence-corrected chi connectivity index (χ4v) is 1.77. The Morgan fingerprint density at radius 1 is 1.07 bits per heavy atom. The third-order valence-corrected chi connectivity index (χ3v) is 2.76. The highest BCUT2D eigenvalue weighted by atomic mass is 16.3. The molecule has 0 heterocycles. The van der Waals surface area contributed by atoms with Crippen molar-refractivity contribution in [3.8, 4) is 5.75 Å². The van der Waals surface area contributed by atoms with E-state index in [0.29, 0.717) is 17.6 Å². The molecule has 0 amide bonds. The third-order valence-electron chi connectivity index (χ3n) is 2.76. The molecule has 0 fully saturated rings. The van der Waals surface area contributed by atoms with Gasteiger partial charge in [0, 0.05) is 0 Å². The van der Waals surface area contributed by atoms with Crippen LogP contribution < -0.4 is 0 Å². The summed E-state index contributed by atoms with van der Waals surface area (Å²) in [4.78, 5) is 0. The fraction of sp³-hybridized carbons (Fsp3) is 0.500. The van der Waals surface area contributed by atoms with Gasteiger partial charge >= 0.3 is 0 Å². The molecule has 1 aromatic carbocycles. The van der Waals surface area contributed by atoms with Gasteiger partial charge < -0.3 is 5.11 Å². The number of aromatic hydroxyl groups is 1. The summed E-state index contributed by atoms with van der Waals surface area (Å²) in [5.74, 6) is 1.18. The highest BCUT2D eigenvalue weighted by Crippen LogP contribution is 2.34. The van der Waals surface area contributed by atoms with Crippen LogP contribution in [0.15, 0.2) is 12.1 Å². The fourth-order valence-electron chi connectivity index (χ4n) is 1.77. The topological polar surface area (TPSA) is 20.2 Å². The predicted molar refractivity (Wildman–Crippen MR) is 65.3 cm³/mol. The Morgan fingerprint density at radius 2 is 1.47 bits per heavy atom. The largest absolute Gasteiger partial charge is 0.507 e. The van der Waals surface area contributed by atoms with Crippen molar-refractivity contribution in [3.63, 3.8) is 0 Å². The molecule has 1 heteroatoms. The van der Waals surface area contributed by atoms with Gasteiger partial charge in [-0.2, -0.15) is 0 Å². The number of benzene rings is 1. The molecule has 0 aliphatic rings. The molecule has 1 nitrogen and oxygen atoms in total. The van der Waals surface area contributed by atoms with Crippen LogP contribution >= 0.6 is 0 Å². The van der Waals surface area contributed by atoms with E-state index in [1.165, 1.54) is 5.56 Å². The highest BCUT2D eigenvalue weighted by molar-refractivity contribution is 5.46. The van der Waals surface area contributed by atoms with Crippen molar-refractivity contribution >= 4 is 0 Å². The van der Waals surface area contributed by atoms with E-state index >= 15 is 0 Å². The van der Waals surface area contributed by atoms with Crippen molar-refractivity contribution in [2.24, 2.45) is 0 Å². The molecule has 0 unspecified atom stereocenters. The molecule has 0 saturated heterocycles. The molecule has 83 valence electrons. The first-order valence-corrected chi connectivity index (χ1v) is 5.62. The summed E-state index contributed by atoms with van der Waals surface area (Å²) in [5, 5.41) is 10.1. The Hall–Kier alpha value is -0.980. The second-order valence-electron chi connectivity index (χ2n) is 4.68. The van der Waals surface area contributed by atoms with Crippen LogP contribution in [0.5, 0.6) is 5.75 Å². The number of hydrogen-bond acceptors (Lipinski definition) is 1. The molecule has 0 aliphatic heterocycles. The molecule has 1 rings (SSSR count). The molecule has 0 saturated carbocycles. The van der Waals surface area contributed by atoms with Crippen LogP contribution in [0.1, 0.15) is 56.2 Å². The molecule has 0 aliphatic carbocycles. The van der Waals surface area contributed by atoms with Crippen LogP contribution in [0.4, 0.5) is 0 Å². The quantitative estimate of drug-likeness (QED) is 0.790. The van der Waals surface area contributed by atoms with Crippen molar-refractivity contribution in [1.29, 1.82) is 0 Å². The van der Waals surface area contributed by atoms with Crippen LogP contribution in [0.3, 0.4) is 0 Å². The number of rotatable bonds is 3. The molecule has 0 atom stereocenters. The maximum Gasteiger partial charge on any atom is 0.122 e. The van der Waals surface area contributed by atoms with Crippen molar-refractivity contribution in [2.75, 3.05) is 0 Å². The van der Waals surface area contributed by atoms with Crippen molar-refractivity contribution < 1.29 is 5.11 Å². The zero-order valence-electron chi connectivity index (χ0n) is 10.2. The first-order chi connectivity index (χ1) is 6.97. The maximum absolute atomic E-state index is 10.1. The first-order valence-electron chi connectivity index (χ1n) is 5.62. The zero-order valence-corrected chi connectivity index (χ0v) is 10.2. The van der Waals surface area contributed by atoms with Crippen molar-refractivity contribution in [2.45, 2.75) is 46.0 Å². The Labute approximate surface area is 93.1 Å². The van der Waals surface area contributed by atoms with E-state index in [2.05, 4.69) is 46.8 Å². The van der Waals surface area contributed by atoms with Gasteiger partial charge in [0.05, 0.1) is 0 Å². The van der Waals surface area contributed by atoms with Gasteiger partial charge in [-0.05, 0) is 41.9 Å². The van der Waals surface area contributed by atoms with Gasteiger partial charge in [0.2, 0.25) is 0 Å². The Kier molecular flexibility index (Phi) is 3.78. The van der Waals surface area contributed by atoms with Crippen LogP contribution in [-0.2, 0) is 6.42 Å². The molecular weight excluding hydrogens is 184 g/mol. The minimum absolute atomic E-state index is 0.356. The lowest BCUT2D eigenvalue weighted by Gasteiger charge is -2.17. The monoisotopic (exact) mass is 205 g/mol. The average Bonchev–Trinajstić information content (AvgIpc) is 2.17. The third kappa shape index (κ3) is 2.53. The van der Waals surface area contributed by atoms with Crippen LogP contribution in [0, 0.1) is 6.92 Å². The molecule has 0 bridgehead atoms. The van der Waals surface area contributed by atoms with Gasteiger partial charge in [0.25, 0.3) is 0 Å². The van der Waals surface area contributed by atoms with Crippen LogP contribution in [0.2, 0.25) is 0 Å². The van der Waals surface area contributed by atoms with Gasteiger partial charge in [-0.3, -0.25) is 0 Å². The summed E-state index contributed by atoms with van der Waals surface area (Å²) in [6.45, 7) is 12.3. The average molecular weight is 205 g/mol. The second kappa shape index (κ2) is 4.69. The van der Waals surface area contributed by atoms with E-state index in [-0.39, 0.29) is 0 Å². The first kappa shape index (κ1) is 12.1. The molecule has 0 aromatic heterocycles. The summed E-state index contributed by atoms with van der Waals surface area (Å²) < 4.78 is 0. The van der Waals surface area contributed by atoms with E-state index in [1.807, 2.05) is 0 Å². The van der Waals surface area contributed by atoms with Crippen molar-refractivity contribution in [1.82, 2.24) is 0 Å². The lowest BCUT2D eigenvalue weighted by molar-refractivity contribution is 0.454. The smallest absolute Gasteiger partial charge is 0.122 e. The number of phenols is 1. The van der Waals surface area contributed by atoms with E-state index in [4.69, 9.17) is 0 Å². The van der Waals surface area contributed by atoms with Gasteiger partial charge in [0.1, 0.15) is 5.75 Å². The highest BCUT2D eigenvalue weighted by Gasteiger charge is 2.14. The number of phenolic OH excluding ortho intramolecular Hbond substituents is 1. The molecule has 1 aromatic rings. The number of hydrogen-bond donors (Lipinski definition) is 1. The Morgan fingerprint density at radius 3 is 1.73 bits per heavy atom. The van der Waals surface area contributed by atoms with Gasteiger partial charge in [-0.1, -0.05) is 39.8 Å². The second-order valence-corrected chi connectivity index (χ2v) is 4.68. The standard InChI is InChI=1S/C14H21O/c1-6-11-7-12(9(2)3)14(15)13(8-11)10(4)5/h7-10,15H,1,6H2,2-5H3. The Balaban J connectivity index is 3.33. The van der Waals surface area contributed by atoms with Gasteiger partial charge in [-0.25, -0.2) is 0 Å². The van der Waals surface area contributed by atoms with Crippen LogP contribution in [-0.4, -0.2) is 5.11 Å². The summed E-state index contributed by atoms with van der Waals surface area (Å²) in [7, 11) is 0. The summed E-state index contributed by atoms with van der Waals surface area (Å²) in [5.41, 5.74) is 3.29. The molecule has 1 radical (unpaired) electrons. The van der Waals surface area contributed by atoms with E-state index in [0.717, 1.165) is 17.5 Å². The minimum atomic E-state index is 0.356. The summed E-state index contributed by atoms with van der Waals surface area (Å²) in [6, 6.07) is 4.14. The van der Waals surface area contributed by atoms with E-state index in [9.17, 15) is 5.11 Å². The Bertz CT molecular complexity index is 308. The van der Waals surface area contributed by atoms with E-state index in [1.54, 1.807) is 0 Å². The SMILES string of the molecule is [CH2]Cc1cc(C(C)C)c(O)c(C(C)C)c1.